The first kappa shape index (κ1) is 18.4. The van der Waals surface area contributed by atoms with Crippen LogP contribution in [-0.2, 0) is 21.8 Å². The van der Waals surface area contributed by atoms with Crippen LogP contribution in [0.4, 0.5) is 5.69 Å². The summed E-state index contributed by atoms with van der Waals surface area (Å²) in [6, 6.07) is 16.4. The lowest BCUT2D eigenvalue weighted by Gasteiger charge is -2.36. The van der Waals surface area contributed by atoms with Gasteiger partial charge in [-0.3, -0.25) is 4.90 Å². The van der Waals surface area contributed by atoms with Gasteiger partial charge in [-0.05, 0) is 53.8 Å². The van der Waals surface area contributed by atoms with Crippen molar-refractivity contribution in [3.63, 3.8) is 0 Å². The average molecular weight is 384 g/mol. The fourth-order valence-corrected chi connectivity index (χ4v) is 4.39. The Bertz CT molecular complexity index is 843. The third-order valence-corrected chi connectivity index (χ3v) is 6.31. The highest BCUT2D eigenvalue weighted by molar-refractivity contribution is 7.80. The van der Waals surface area contributed by atoms with E-state index in [-0.39, 0.29) is 0 Å². The third kappa shape index (κ3) is 4.14. The van der Waals surface area contributed by atoms with Gasteiger partial charge < -0.3 is 4.90 Å². The molecule has 1 atom stereocenters. The van der Waals surface area contributed by atoms with Crippen LogP contribution in [0.5, 0.6) is 0 Å². The van der Waals surface area contributed by atoms with E-state index >= 15 is 0 Å². The number of hydrogen-bond donors (Lipinski definition) is 1. The summed E-state index contributed by atoms with van der Waals surface area (Å²) < 4.78 is 15.9. The van der Waals surface area contributed by atoms with E-state index in [1.807, 2.05) is 24.3 Å². The molecule has 6 heteroatoms. The van der Waals surface area contributed by atoms with Crippen molar-refractivity contribution in [2.75, 3.05) is 37.6 Å². The number of benzene rings is 2. The Morgan fingerprint density at radius 1 is 1.00 bits per heavy atom. The van der Waals surface area contributed by atoms with E-state index < -0.39 is 11.1 Å². The van der Waals surface area contributed by atoms with Gasteiger partial charge in [0.25, 0.3) is 0 Å². The second-order valence-corrected chi connectivity index (χ2v) is 8.13. The van der Waals surface area contributed by atoms with Crippen molar-refractivity contribution in [3.05, 3.63) is 65.7 Å². The van der Waals surface area contributed by atoms with Crippen LogP contribution in [0.15, 0.2) is 59.5 Å². The van der Waals surface area contributed by atoms with Crippen LogP contribution in [-0.4, -0.2) is 41.8 Å². The van der Waals surface area contributed by atoms with Gasteiger partial charge in [-0.25, -0.2) is 4.21 Å². The maximum absolute atomic E-state index is 11.5. The molecule has 1 aliphatic carbocycles. The SMILES string of the molecule is NOS(=O)c1ccc(N2CCN(CCC3=CCc4ccccc43)CC2)cc1. The average Bonchev–Trinajstić information content (AvgIpc) is 3.15. The van der Waals surface area contributed by atoms with Gasteiger partial charge >= 0.3 is 0 Å². The zero-order valence-corrected chi connectivity index (χ0v) is 16.2. The topological polar surface area (TPSA) is 58.8 Å². The number of allylic oxidation sites excluding steroid dienone is 1. The number of rotatable bonds is 6. The summed E-state index contributed by atoms with van der Waals surface area (Å²) in [5.74, 6) is 4.98. The molecule has 142 valence electrons. The molecule has 1 aliphatic heterocycles. The van der Waals surface area contributed by atoms with Gasteiger partial charge in [0.1, 0.15) is 0 Å². The second-order valence-electron chi connectivity index (χ2n) is 6.99. The van der Waals surface area contributed by atoms with Crippen LogP contribution in [0.25, 0.3) is 5.57 Å². The molecule has 2 aliphatic rings. The minimum atomic E-state index is -1.58. The molecule has 4 rings (SSSR count). The molecule has 1 saturated heterocycles. The van der Waals surface area contributed by atoms with Gasteiger partial charge in [-0.15, -0.1) is 0 Å². The summed E-state index contributed by atoms with van der Waals surface area (Å²) in [4.78, 5) is 5.51. The molecule has 0 aromatic heterocycles. The van der Waals surface area contributed by atoms with Crippen LogP contribution in [0.3, 0.4) is 0 Å². The van der Waals surface area contributed by atoms with E-state index in [0.29, 0.717) is 4.90 Å². The Balaban J connectivity index is 1.28. The van der Waals surface area contributed by atoms with E-state index in [1.54, 1.807) is 0 Å². The molecule has 5 nitrogen and oxygen atoms in total. The van der Waals surface area contributed by atoms with Crippen LogP contribution < -0.4 is 10.8 Å². The van der Waals surface area contributed by atoms with Gasteiger partial charge in [-0.2, -0.15) is 10.2 Å². The number of anilines is 1. The lowest BCUT2D eigenvalue weighted by Crippen LogP contribution is -2.46. The number of nitrogens with zero attached hydrogens (tertiary/aromatic N) is 2. The first-order valence-corrected chi connectivity index (χ1v) is 10.5. The Morgan fingerprint density at radius 3 is 2.48 bits per heavy atom. The highest BCUT2D eigenvalue weighted by Gasteiger charge is 2.19. The molecule has 2 aromatic rings. The summed E-state index contributed by atoms with van der Waals surface area (Å²) in [7, 11) is 0. The summed E-state index contributed by atoms with van der Waals surface area (Å²) in [6.07, 6.45) is 4.59. The molecule has 0 radical (unpaired) electrons. The summed E-state index contributed by atoms with van der Waals surface area (Å²) >= 11 is -1.58. The van der Waals surface area contributed by atoms with E-state index in [2.05, 4.69) is 44.4 Å². The molecule has 1 unspecified atom stereocenters. The van der Waals surface area contributed by atoms with Gasteiger partial charge in [0.2, 0.25) is 11.1 Å². The molecule has 0 bridgehead atoms. The lowest BCUT2D eigenvalue weighted by atomic mass is 10.0. The van der Waals surface area contributed by atoms with Crippen molar-refractivity contribution in [2.24, 2.45) is 5.90 Å². The molecule has 1 heterocycles. The molecule has 2 aromatic carbocycles. The van der Waals surface area contributed by atoms with Gasteiger partial charge in [0.15, 0.2) is 0 Å². The van der Waals surface area contributed by atoms with Crippen molar-refractivity contribution in [1.82, 2.24) is 4.90 Å². The number of fused-ring (bicyclic) bond motifs is 1. The quantitative estimate of drug-likeness (QED) is 0.778. The van der Waals surface area contributed by atoms with Crippen molar-refractivity contribution in [1.29, 1.82) is 0 Å². The van der Waals surface area contributed by atoms with E-state index in [4.69, 9.17) is 5.90 Å². The van der Waals surface area contributed by atoms with Crippen LogP contribution in [0.1, 0.15) is 17.5 Å². The molecular formula is C21H25N3O2S. The number of piperazine rings is 1. The van der Waals surface area contributed by atoms with Crippen molar-refractivity contribution < 1.29 is 8.49 Å². The first-order chi connectivity index (χ1) is 13.2. The highest BCUT2D eigenvalue weighted by atomic mass is 32.2. The minimum absolute atomic E-state index is 0.588. The van der Waals surface area contributed by atoms with Crippen molar-refractivity contribution in [3.8, 4) is 0 Å². The van der Waals surface area contributed by atoms with E-state index in [0.717, 1.165) is 51.3 Å². The minimum Gasteiger partial charge on any atom is -0.369 e. The van der Waals surface area contributed by atoms with Gasteiger partial charge in [-0.1, -0.05) is 30.3 Å². The molecule has 1 fully saturated rings. The maximum Gasteiger partial charge on any atom is 0.206 e. The molecule has 2 N–H and O–H groups in total. The molecule has 0 amide bonds. The molecule has 27 heavy (non-hydrogen) atoms. The van der Waals surface area contributed by atoms with Crippen LogP contribution >= 0.6 is 0 Å². The third-order valence-electron chi connectivity index (χ3n) is 5.48. The maximum atomic E-state index is 11.5. The largest absolute Gasteiger partial charge is 0.369 e. The number of hydrogen-bond acceptors (Lipinski definition) is 5. The normalized spacial score (nSPS) is 18.3. The van der Waals surface area contributed by atoms with E-state index in [9.17, 15) is 4.21 Å². The fourth-order valence-electron chi connectivity index (χ4n) is 3.92. The molecule has 0 spiro atoms. The lowest BCUT2D eigenvalue weighted by molar-refractivity contribution is 0.264. The van der Waals surface area contributed by atoms with Crippen LogP contribution in [0.2, 0.25) is 0 Å². The zero-order chi connectivity index (χ0) is 18.6. The number of nitrogens with two attached hydrogens (primary N) is 1. The summed E-state index contributed by atoms with van der Waals surface area (Å²) in [6.45, 7) is 5.25. The standard InChI is InChI=1S/C21H25N3O2S/c22-26-27(25)20-9-7-19(8-10-20)24-15-13-23(14-16-24)12-11-18-6-5-17-3-1-2-4-21(17)18/h1-4,6-10H,5,11-16,22H2. The first-order valence-electron chi connectivity index (χ1n) is 9.38. The van der Waals surface area contributed by atoms with Crippen LogP contribution in [0, 0.1) is 0 Å². The van der Waals surface area contributed by atoms with E-state index in [1.165, 1.54) is 16.7 Å². The zero-order valence-electron chi connectivity index (χ0n) is 15.3. The van der Waals surface area contributed by atoms with Gasteiger partial charge in [0, 0.05) is 38.4 Å². The smallest absolute Gasteiger partial charge is 0.206 e. The Morgan fingerprint density at radius 2 is 1.74 bits per heavy atom. The van der Waals surface area contributed by atoms with Gasteiger partial charge in [0.05, 0.1) is 4.90 Å². The Kier molecular flexibility index (Phi) is 5.69. The summed E-state index contributed by atoms with van der Waals surface area (Å²) in [5.41, 5.74) is 5.55. The Labute approximate surface area is 163 Å². The predicted molar refractivity (Wildman–Crippen MR) is 110 cm³/mol. The monoisotopic (exact) mass is 383 g/mol. The molecule has 0 saturated carbocycles. The second kappa shape index (κ2) is 8.35. The molecular weight excluding hydrogens is 358 g/mol. The van der Waals surface area contributed by atoms with Crippen molar-refractivity contribution >= 4 is 22.3 Å². The predicted octanol–water partition coefficient (Wildman–Crippen LogP) is 2.75. The van der Waals surface area contributed by atoms with Crippen molar-refractivity contribution in [2.45, 2.75) is 17.7 Å². The Hall–Kier alpha value is -1.99. The fraction of sp³-hybridized carbons (Fsp3) is 0.333. The summed E-state index contributed by atoms with van der Waals surface area (Å²) in [5, 5.41) is 0. The highest BCUT2D eigenvalue weighted by Crippen LogP contribution is 2.29.